The summed E-state index contributed by atoms with van der Waals surface area (Å²) in [4.78, 5) is 26.2. The van der Waals surface area contributed by atoms with E-state index in [2.05, 4.69) is 19.2 Å². The lowest BCUT2D eigenvalue weighted by molar-refractivity contribution is 0.0694. The molecule has 3 heterocycles. The molecule has 0 unspecified atom stereocenters. The molecule has 6 nitrogen and oxygen atoms in total. The number of pyridine rings is 2. The Morgan fingerprint density at radius 2 is 1.86 bits per heavy atom. The fourth-order valence-electron chi connectivity index (χ4n) is 4.40. The van der Waals surface area contributed by atoms with E-state index in [1.807, 2.05) is 11.8 Å². The maximum atomic E-state index is 15.1. The highest BCUT2D eigenvalue weighted by Crippen LogP contribution is 2.44. The van der Waals surface area contributed by atoms with Crippen molar-refractivity contribution >= 4 is 29.6 Å². The molecule has 0 spiro atoms. The van der Waals surface area contributed by atoms with Crippen molar-refractivity contribution < 1.29 is 14.3 Å². The van der Waals surface area contributed by atoms with Gasteiger partial charge in [-0.3, -0.25) is 9.20 Å². The van der Waals surface area contributed by atoms with Gasteiger partial charge < -0.3 is 15.3 Å². The monoisotopic (exact) mass is 409 g/mol. The molecule has 2 aliphatic rings. The first kappa shape index (κ1) is 20.6. The molecule has 1 saturated carbocycles. The smallest absolute Gasteiger partial charge is 0.341 e. The molecule has 2 aromatic heterocycles. The predicted octanol–water partition coefficient (Wildman–Crippen LogP) is 2.93. The summed E-state index contributed by atoms with van der Waals surface area (Å²) in [6.07, 6.45) is 3.08. The van der Waals surface area contributed by atoms with Crippen LogP contribution < -0.4 is 15.8 Å². The van der Waals surface area contributed by atoms with Crippen molar-refractivity contribution in [3.63, 3.8) is 0 Å². The van der Waals surface area contributed by atoms with Crippen LogP contribution in [-0.2, 0) is 0 Å². The zero-order valence-electron chi connectivity index (χ0n) is 16.2. The number of nitrogens with one attached hydrogen (secondary N) is 1. The highest BCUT2D eigenvalue weighted by atomic mass is 35.5. The number of anilines is 1. The molecule has 0 aromatic carbocycles. The van der Waals surface area contributed by atoms with Crippen molar-refractivity contribution in [3.8, 4) is 0 Å². The Labute approximate surface area is 168 Å². The van der Waals surface area contributed by atoms with Gasteiger partial charge in [0.25, 0.3) is 5.56 Å². The van der Waals surface area contributed by atoms with Crippen LogP contribution in [0.2, 0.25) is 0 Å². The minimum absolute atomic E-state index is 0. The van der Waals surface area contributed by atoms with Gasteiger partial charge in [-0.2, -0.15) is 0 Å². The van der Waals surface area contributed by atoms with E-state index < -0.39 is 17.3 Å². The number of carbonyl (C=O) groups is 1. The third kappa shape index (κ3) is 3.37. The first-order valence-electron chi connectivity index (χ1n) is 9.40. The lowest BCUT2D eigenvalue weighted by Crippen LogP contribution is -2.54. The maximum absolute atomic E-state index is 15.1. The SMILES string of the molecule is Cc1c(N2C[C@@H](C)N[C@@H](C)C2)c(F)cn2c(=O)c(C(=O)O)cc(C3CC3)c12.Cl. The fraction of sp³-hybridized carbons (Fsp3) is 0.500. The minimum atomic E-state index is -1.27. The standard InChI is InChI=1S/C20H24FN3O3.ClH/c1-10-7-23(8-11(2)22-10)18-12(3)17-14(13-4-5-13)6-15(20(26)27)19(25)24(17)9-16(18)21;/h6,9-11,13,22H,4-5,7-8H2,1-3H3,(H,26,27);1H/t10-,11+;. The number of hydrogen-bond acceptors (Lipinski definition) is 4. The third-order valence-corrected chi connectivity index (χ3v) is 5.56. The van der Waals surface area contributed by atoms with Crippen LogP contribution in [0.4, 0.5) is 10.1 Å². The summed E-state index contributed by atoms with van der Waals surface area (Å²) >= 11 is 0. The van der Waals surface area contributed by atoms with Gasteiger partial charge >= 0.3 is 5.97 Å². The number of carboxylic acid groups (broad SMARTS) is 1. The summed E-state index contributed by atoms with van der Waals surface area (Å²) in [6, 6.07) is 1.95. The molecule has 2 fully saturated rings. The molecule has 0 amide bonds. The van der Waals surface area contributed by atoms with E-state index in [1.165, 1.54) is 10.5 Å². The van der Waals surface area contributed by atoms with Crippen LogP contribution in [0.3, 0.4) is 0 Å². The van der Waals surface area contributed by atoms with Crippen molar-refractivity contribution in [2.45, 2.75) is 51.6 Å². The molecule has 0 bridgehead atoms. The number of nitrogens with zero attached hydrogens (tertiary/aromatic N) is 2. The van der Waals surface area contributed by atoms with Gasteiger partial charge in [-0.1, -0.05) is 0 Å². The first-order valence-corrected chi connectivity index (χ1v) is 9.40. The van der Waals surface area contributed by atoms with Crippen molar-refractivity contribution in [3.05, 3.63) is 45.1 Å². The quantitative estimate of drug-likeness (QED) is 0.815. The van der Waals surface area contributed by atoms with Crippen LogP contribution in [0.1, 0.15) is 54.1 Å². The average molecular weight is 410 g/mol. The number of aromatic nitrogens is 1. The zero-order valence-corrected chi connectivity index (χ0v) is 17.0. The van der Waals surface area contributed by atoms with Gasteiger partial charge in [-0.05, 0) is 56.7 Å². The molecule has 1 aliphatic carbocycles. The Balaban J connectivity index is 0.00000225. The van der Waals surface area contributed by atoms with Crippen LogP contribution in [-0.4, -0.2) is 40.6 Å². The van der Waals surface area contributed by atoms with Gasteiger partial charge in [0.1, 0.15) is 5.56 Å². The second kappa shape index (κ2) is 7.37. The van der Waals surface area contributed by atoms with E-state index in [4.69, 9.17) is 0 Å². The maximum Gasteiger partial charge on any atom is 0.341 e. The summed E-state index contributed by atoms with van der Waals surface area (Å²) in [7, 11) is 0. The van der Waals surface area contributed by atoms with E-state index in [1.54, 1.807) is 0 Å². The van der Waals surface area contributed by atoms with Crippen LogP contribution in [0.15, 0.2) is 17.1 Å². The Hall–Kier alpha value is -2.12. The molecule has 2 atom stereocenters. The summed E-state index contributed by atoms with van der Waals surface area (Å²) in [6.45, 7) is 7.31. The third-order valence-electron chi connectivity index (χ3n) is 5.56. The number of rotatable bonds is 3. The summed E-state index contributed by atoms with van der Waals surface area (Å²) in [5, 5.41) is 12.8. The Morgan fingerprint density at radius 3 is 2.39 bits per heavy atom. The van der Waals surface area contributed by atoms with Gasteiger partial charge in [-0.25, -0.2) is 9.18 Å². The number of aryl methyl sites for hydroxylation is 1. The van der Waals surface area contributed by atoms with E-state index >= 15 is 4.39 Å². The molecule has 0 radical (unpaired) electrons. The lowest BCUT2D eigenvalue weighted by Gasteiger charge is -2.38. The molecule has 152 valence electrons. The van der Waals surface area contributed by atoms with Gasteiger partial charge in [0.05, 0.1) is 17.4 Å². The van der Waals surface area contributed by atoms with Gasteiger partial charge in [0.2, 0.25) is 0 Å². The summed E-state index contributed by atoms with van der Waals surface area (Å²) in [5.41, 5.74) is 1.72. The van der Waals surface area contributed by atoms with E-state index in [0.29, 0.717) is 29.9 Å². The molecular formula is C20H25ClFN3O3. The Bertz CT molecular complexity index is 993. The topological polar surface area (TPSA) is 74.0 Å². The van der Waals surface area contributed by atoms with Crippen molar-refractivity contribution in [1.29, 1.82) is 0 Å². The average Bonchev–Trinajstić information content (AvgIpc) is 3.39. The molecule has 8 heteroatoms. The number of carboxylic acids is 1. The first-order chi connectivity index (χ1) is 12.8. The van der Waals surface area contributed by atoms with E-state index in [9.17, 15) is 14.7 Å². The molecular weight excluding hydrogens is 385 g/mol. The lowest BCUT2D eigenvalue weighted by atomic mass is 10.0. The highest BCUT2D eigenvalue weighted by Gasteiger charge is 2.31. The van der Waals surface area contributed by atoms with Gasteiger partial charge in [0, 0.05) is 25.2 Å². The second-order valence-corrected chi connectivity index (χ2v) is 7.94. The normalized spacial score (nSPS) is 22.2. The summed E-state index contributed by atoms with van der Waals surface area (Å²) in [5.74, 6) is -1.53. The van der Waals surface area contributed by atoms with Gasteiger partial charge in [-0.15, -0.1) is 12.4 Å². The number of fused-ring (bicyclic) bond motifs is 1. The number of hydrogen-bond donors (Lipinski definition) is 2. The van der Waals surface area contributed by atoms with Crippen LogP contribution in [0.25, 0.3) is 5.52 Å². The molecule has 1 saturated heterocycles. The molecule has 2 N–H and O–H groups in total. The van der Waals surface area contributed by atoms with Crippen molar-refractivity contribution in [1.82, 2.24) is 9.72 Å². The number of halogens is 2. The van der Waals surface area contributed by atoms with Crippen molar-refractivity contribution in [2.24, 2.45) is 0 Å². The predicted molar refractivity (Wildman–Crippen MR) is 109 cm³/mol. The van der Waals surface area contributed by atoms with Crippen LogP contribution >= 0.6 is 12.4 Å². The molecule has 1 aliphatic heterocycles. The highest BCUT2D eigenvalue weighted by molar-refractivity contribution is 5.89. The van der Waals surface area contributed by atoms with E-state index in [-0.39, 0.29) is 36.0 Å². The van der Waals surface area contributed by atoms with Crippen LogP contribution in [0, 0.1) is 12.7 Å². The van der Waals surface area contributed by atoms with Gasteiger partial charge in [0.15, 0.2) is 5.82 Å². The fourth-order valence-corrected chi connectivity index (χ4v) is 4.40. The largest absolute Gasteiger partial charge is 0.477 e. The molecule has 28 heavy (non-hydrogen) atoms. The van der Waals surface area contributed by atoms with Crippen molar-refractivity contribution in [2.75, 3.05) is 18.0 Å². The minimum Gasteiger partial charge on any atom is -0.477 e. The Morgan fingerprint density at radius 1 is 1.25 bits per heavy atom. The number of piperazine rings is 1. The Kier molecular flexibility index (Phi) is 5.42. The zero-order chi connectivity index (χ0) is 19.5. The summed E-state index contributed by atoms with van der Waals surface area (Å²) < 4.78 is 16.3. The second-order valence-electron chi connectivity index (χ2n) is 7.94. The van der Waals surface area contributed by atoms with E-state index in [0.717, 1.165) is 24.6 Å². The number of aromatic carboxylic acids is 1. The molecule has 4 rings (SSSR count). The molecule has 2 aromatic rings. The van der Waals surface area contributed by atoms with Crippen LogP contribution in [0.5, 0.6) is 0 Å².